The number of carbonyl (C=O) groups is 1. The number of methoxy groups -OCH3 is 1. The van der Waals surface area contributed by atoms with Crippen molar-refractivity contribution in [2.24, 2.45) is 0 Å². The topological polar surface area (TPSA) is 49.8 Å². The highest BCUT2D eigenvalue weighted by Crippen LogP contribution is 2.35. The first-order valence-corrected chi connectivity index (χ1v) is 6.25. The summed E-state index contributed by atoms with van der Waals surface area (Å²) in [6.07, 6.45) is 6.27. The number of hydrogen-bond donors (Lipinski definition) is 1. The van der Waals surface area contributed by atoms with E-state index in [1.54, 1.807) is 19.4 Å². The molecule has 1 aromatic rings. The first kappa shape index (κ1) is 11.8. The lowest BCUT2D eigenvalue weighted by Crippen LogP contribution is -2.32. The highest BCUT2D eigenvalue weighted by molar-refractivity contribution is 5.90. The van der Waals surface area contributed by atoms with Gasteiger partial charge in [0.1, 0.15) is 5.75 Å². The third-order valence-electron chi connectivity index (χ3n) is 3.68. The maximum atomic E-state index is 11.0. The molecule has 0 bridgehead atoms. The van der Waals surface area contributed by atoms with Gasteiger partial charge in [0.15, 0.2) is 0 Å². The minimum absolute atomic E-state index is 0.137. The van der Waals surface area contributed by atoms with Crippen LogP contribution in [-0.4, -0.2) is 29.6 Å². The number of fused-ring (bicyclic) bond motifs is 3. The fraction of sp³-hybridized carbons (Fsp3) is 0.267. The molecule has 0 amide bonds. The Kier molecular flexibility index (Phi) is 2.78. The average molecular weight is 257 g/mol. The molecule has 0 aromatic heterocycles. The predicted octanol–water partition coefficient (Wildman–Crippen LogP) is 2.13. The van der Waals surface area contributed by atoms with Gasteiger partial charge in [-0.3, -0.25) is 0 Å². The Balaban J connectivity index is 1.96. The summed E-state index contributed by atoms with van der Waals surface area (Å²) in [5.74, 6) is -0.0102. The molecule has 0 spiro atoms. The molecule has 0 saturated heterocycles. The molecule has 0 saturated carbocycles. The summed E-state index contributed by atoms with van der Waals surface area (Å²) in [6.45, 7) is 0.825. The van der Waals surface area contributed by atoms with Crippen molar-refractivity contribution < 1.29 is 14.6 Å². The van der Waals surface area contributed by atoms with Crippen molar-refractivity contribution in [2.75, 3.05) is 13.7 Å². The van der Waals surface area contributed by atoms with Crippen molar-refractivity contribution in [3.63, 3.8) is 0 Å². The summed E-state index contributed by atoms with van der Waals surface area (Å²) in [5, 5.41) is 9.03. The van der Waals surface area contributed by atoms with Crippen LogP contribution in [0, 0.1) is 0 Å². The van der Waals surface area contributed by atoms with E-state index in [1.165, 1.54) is 11.1 Å². The molecular formula is C15H15NO3. The van der Waals surface area contributed by atoms with E-state index in [0.29, 0.717) is 5.57 Å². The molecule has 0 aliphatic carbocycles. The van der Waals surface area contributed by atoms with Crippen molar-refractivity contribution in [2.45, 2.75) is 12.5 Å². The molecule has 4 heteroatoms. The standard InChI is InChI=1S/C15H15NO3/c1-19-12-3-4-13-10(8-12)6-7-16-9-11(15(17)18)2-5-14(13)16/h2-5,8-9,14H,6-7H2,1H3,(H,17,18). The number of hydrogen-bond acceptors (Lipinski definition) is 3. The van der Waals surface area contributed by atoms with Crippen LogP contribution in [0.15, 0.2) is 42.1 Å². The number of ether oxygens (including phenoxy) is 1. The van der Waals surface area contributed by atoms with Crippen molar-refractivity contribution >= 4 is 5.97 Å². The average Bonchev–Trinajstić information content (AvgIpc) is 2.45. The molecule has 19 heavy (non-hydrogen) atoms. The molecule has 2 aliphatic heterocycles. The summed E-state index contributed by atoms with van der Waals surface area (Å²) in [7, 11) is 1.67. The van der Waals surface area contributed by atoms with Crippen molar-refractivity contribution in [1.29, 1.82) is 0 Å². The molecule has 1 atom stereocenters. The lowest BCUT2D eigenvalue weighted by atomic mass is 9.90. The van der Waals surface area contributed by atoms with Gasteiger partial charge in [-0.2, -0.15) is 0 Å². The van der Waals surface area contributed by atoms with Crippen LogP contribution in [0.3, 0.4) is 0 Å². The van der Waals surface area contributed by atoms with E-state index in [0.717, 1.165) is 18.7 Å². The second-order valence-electron chi connectivity index (χ2n) is 4.75. The number of carboxylic acid groups (broad SMARTS) is 1. The summed E-state index contributed by atoms with van der Waals surface area (Å²) < 4.78 is 5.24. The minimum atomic E-state index is -0.879. The van der Waals surface area contributed by atoms with Gasteiger partial charge >= 0.3 is 5.97 Å². The molecule has 0 fully saturated rings. The molecule has 3 rings (SSSR count). The summed E-state index contributed by atoms with van der Waals surface area (Å²) >= 11 is 0. The Bertz CT molecular complexity index is 589. The molecule has 1 N–H and O–H groups in total. The lowest BCUT2D eigenvalue weighted by molar-refractivity contribution is -0.132. The normalized spacial score (nSPS) is 20.4. The van der Waals surface area contributed by atoms with Crippen molar-refractivity contribution in [1.82, 2.24) is 4.90 Å². The highest BCUT2D eigenvalue weighted by atomic mass is 16.5. The van der Waals surface area contributed by atoms with E-state index in [4.69, 9.17) is 9.84 Å². The second-order valence-corrected chi connectivity index (χ2v) is 4.75. The zero-order chi connectivity index (χ0) is 13.4. The molecular weight excluding hydrogens is 242 g/mol. The first-order chi connectivity index (χ1) is 9.19. The summed E-state index contributed by atoms with van der Waals surface area (Å²) in [4.78, 5) is 13.1. The van der Waals surface area contributed by atoms with Gasteiger partial charge in [-0.15, -0.1) is 0 Å². The molecule has 0 radical (unpaired) electrons. The number of aliphatic carboxylic acids is 1. The van der Waals surface area contributed by atoms with Gasteiger partial charge < -0.3 is 14.7 Å². The van der Waals surface area contributed by atoms with Crippen LogP contribution >= 0.6 is 0 Å². The number of carboxylic acids is 1. The smallest absolute Gasteiger partial charge is 0.337 e. The molecule has 4 nitrogen and oxygen atoms in total. The Morgan fingerprint density at radius 3 is 3.05 bits per heavy atom. The quantitative estimate of drug-likeness (QED) is 0.881. The van der Waals surface area contributed by atoms with Crippen LogP contribution in [0.1, 0.15) is 17.2 Å². The molecule has 1 aromatic carbocycles. The molecule has 2 aliphatic rings. The number of rotatable bonds is 2. The zero-order valence-corrected chi connectivity index (χ0v) is 10.7. The van der Waals surface area contributed by atoms with Gasteiger partial charge in [-0.25, -0.2) is 4.79 Å². The molecule has 1 unspecified atom stereocenters. The van der Waals surface area contributed by atoms with E-state index in [2.05, 4.69) is 17.0 Å². The van der Waals surface area contributed by atoms with Crippen molar-refractivity contribution in [3.8, 4) is 5.75 Å². The zero-order valence-electron chi connectivity index (χ0n) is 10.7. The van der Waals surface area contributed by atoms with E-state index in [-0.39, 0.29) is 6.04 Å². The Morgan fingerprint density at radius 2 is 2.32 bits per heavy atom. The molecule has 98 valence electrons. The number of benzene rings is 1. The second kappa shape index (κ2) is 4.46. The van der Waals surface area contributed by atoms with E-state index in [9.17, 15) is 4.79 Å². The number of nitrogens with zero attached hydrogens (tertiary/aromatic N) is 1. The van der Waals surface area contributed by atoms with Crippen LogP contribution in [0.5, 0.6) is 5.75 Å². The predicted molar refractivity (Wildman–Crippen MR) is 71.0 cm³/mol. The lowest BCUT2D eigenvalue weighted by Gasteiger charge is -2.37. The maximum Gasteiger partial charge on any atom is 0.337 e. The molecule has 2 heterocycles. The fourth-order valence-corrected chi connectivity index (χ4v) is 2.68. The third kappa shape index (κ3) is 1.99. The van der Waals surface area contributed by atoms with E-state index >= 15 is 0 Å². The Hall–Kier alpha value is -2.23. The Morgan fingerprint density at radius 1 is 1.47 bits per heavy atom. The maximum absolute atomic E-state index is 11.0. The van der Waals surface area contributed by atoms with E-state index < -0.39 is 5.97 Å². The van der Waals surface area contributed by atoms with Gasteiger partial charge in [0.25, 0.3) is 0 Å². The third-order valence-corrected chi connectivity index (χ3v) is 3.68. The first-order valence-electron chi connectivity index (χ1n) is 6.25. The minimum Gasteiger partial charge on any atom is -0.497 e. The van der Waals surface area contributed by atoms with Gasteiger partial charge in [-0.1, -0.05) is 12.1 Å². The highest BCUT2D eigenvalue weighted by Gasteiger charge is 2.27. The fourth-order valence-electron chi connectivity index (χ4n) is 2.68. The largest absolute Gasteiger partial charge is 0.497 e. The van der Waals surface area contributed by atoms with E-state index in [1.807, 2.05) is 12.1 Å². The van der Waals surface area contributed by atoms with Gasteiger partial charge in [0.05, 0.1) is 18.7 Å². The monoisotopic (exact) mass is 257 g/mol. The van der Waals surface area contributed by atoms with Crippen molar-refractivity contribution in [3.05, 3.63) is 53.3 Å². The van der Waals surface area contributed by atoms with Gasteiger partial charge in [-0.05, 0) is 35.8 Å². The van der Waals surface area contributed by atoms with Crippen LogP contribution in [0.4, 0.5) is 0 Å². The van der Waals surface area contributed by atoms with Crippen LogP contribution in [-0.2, 0) is 11.2 Å². The SMILES string of the molecule is COc1ccc2c(c1)CCN1C=C(C(=O)O)C=CC21. The van der Waals surface area contributed by atoms with Gasteiger partial charge in [0.2, 0.25) is 0 Å². The van der Waals surface area contributed by atoms with Crippen LogP contribution < -0.4 is 4.74 Å². The Labute approximate surface area is 111 Å². The summed E-state index contributed by atoms with van der Waals surface area (Å²) in [5.41, 5.74) is 2.84. The van der Waals surface area contributed by atoms with Crippen LogP contribution in [0.25, 0.3) is 0 Å². The van der Waals surface area contributed by atoms with Crippen LogP contribution in [0.2, 0.25) is 0 Å². The van der Waals surface area contributed by atoms with Gasteiger partial charge in [0, 0.05) is 12.7 Å². The summed E-state index contributed by atoms with van der Waals surface area (Å²) in [6, 6.07) is 6.22.